The number of fused-ring (bicyclic) bond motifs is 1. The highest BCUT2D eigenvalue weighted by molar-refractivity contribution is 6.30. The number of β-amino-alcohol motifs (C(OH)–C–C–N with tert-alkyl or cyclic N) is 1. The first kappa shape index (κ1) is 32.0. The first-order valence-electron chi connectivity index (χ1n) is 15.7. The SMILES string of the molecule is COc1ccc(COc2ccc(C(=O)N3CCC(C(N)=O)C3)c(OC[C@@H](O)CN3CCC4(CC3)Cc3cc(Cl)ccc3O4)c2)cc1. The topological polar surface area (TPSA) is 124 Å². The molecule has 0 aliphatic carbocycles. The smallest absolute Gasteiger partial charge is 0.257 e. The van der Waals surface area contributed by atoms with Crippen LogP contribution in [0, 0.1) is 5.92 Å². The summed E-state index contributed by atoms with van der Waals surface area (Å²) in [5, 5.41) is 11.7. The molecule has 6 rings (SSSR count). The van der Waals surface area contributed by atoms with Crippen molar-refractivity contribution in [3.05, 3.63) is 82.4 Å². The second-order valence-corrected chi connectivity index (χ2v) is 12.8. The summed E-state index contributed by atoms with van der Waals surface area (Å²) in [6.07, 6.45) is 2.28. The Hall–Kier alpha value is -3.99. The molecule has 1 unspecified atom stereocenters. The summed E-state index contributed by atoms with van der Waals surface area (Å²) in [7, 11) is 1.62. The molecular weight excluding hydrogens is 610 g/mol. The van der Waals surface area contributed by atoms with E-state index in [1.54, 1.807) is 30.2 Å². The van der Waals surface area contributed by atoms with E-state index in [4.69, 9.17) is 36.3 Å². The van der Waals surface area contributed by atoms with Crippen molar-refractivity contribution in [2.75, 3.05) is 46.4 Å². The standard InChI is InChI=1S/C35H40ClN3O7/c1-43-28-5-2-23(3-6-28)21-44-29-7-8-30(34(42)39-13-10-24(19-39)33(37)41)32(17-29)45-22-27(40)20-38-14-11-35(12-15-38)18-25-16-26(36)4-9-31(25)46-35/h2-9,16-17,24,27,40H,10-15,18-22H2,1H3,(H2,37,41)/t24?,27-/m0/s1. The average Bonchev–Trinajstić information content (AvgIpc) is 3.69. The zero-order valence-corrected chi connectivity index (χ0v) is 26.7. The minimum Gasteiger partial charge on any atom is -0.497 e. The van der Waals surface area contributed by atoms with E-state index in [0.29, 0.717) is 43.2 Å². The summed E-state index contributed by atoms with van der Waals surface area (Å²) in [5.41, 5.74) is 7.71. The van der Waals surface area contributed by atoms with E-state index in [1.165, 1.54) is 0 Å². The fraction of sp³-hybridized carbons (Fsp3) is 0.429. The number of halogens is 1. The molecular formula is C35H40ClN3O7. The number of likely N-dealkylation sites (tertiary alicyclic amines) is 2. The summed E-state index contributed by atoms with van der Waals surface area (Å²) in [4.78, 5) is 29.1. The lowest BCUT2D eigenvalue weighted by molar-refractivity contribution is -0.121. The van der Waals surface area contributed by atoms with Crippen molar-refractivity contribution in [3.63, 3.8) is 0 Å². The van der Waals surface area contributed by atoms with Crippen LogP contribution in [0.5, 0.6) is 23.0 Å². The van der Waals surface area contributed by atoms with Gasteiger partial charge in [-0.15, -0.1) is 0 Å². The van der Waals surface area contributed by atoms with Crippen LogP contribution in [0.25, 0.3) is 0 Å². The molecule has 1 spiro atoms. The van der Waals surface area contributed by atoms with E-state index in [0.717, 1.165) is 60.0 Å². The molecule has 0 radical (unpaired) electrons. The average molecular weight is 650 g/mol. The summed E-state index contributed by atoms with van der Waals surface area (Å²) in [6.45, 7) is 3.00. The molecule has 3 heterocycles. The second-order valence-electron chi connectivity index (χ2n) is 12.4. The molecule has 244 valence electrons. The molecule has 2 amide bonds. The van der Waals surface area contributed by atoms with Crippen LogP contribution in [-0.2, 0) is 17.8 Å². The van der Waals surface area contributed by atoms with Crippen molar-refractivity contribution in [3.8, 4) is 23.0 Å². The molecule has 11 heteroatoms. The molecule has 46 heavy (non-hydrogen) atoms. The maximum absolute atomic E-state index is 13.5. The lowest BCUT2D eigenvalue weighted by atomic mass is 9.87. The fourth-order valence-corrected chi connectivity index (χ4v) is 6.68. The number of nitrogens with zero attached hydrogens (tertiary/aromatic N) is 2. The molecule has 3 aromatic carbocycles. The van der Waals surface area contributed by atoms with E-state index in [-0.39, 0.29) is 30.6 Å². The van der Waals surface area contributed by atoms with Crippen LogP contribution in [0.3, 0.4) is 0 Å². The monoisotopic (exact) mass is 649 g/mol. The zero-order chi connectivity index (χ0) is 32.3. The van der Waals surface area contributed by atoms with E-state index < -0.39 is 12.0 Å². The van der Waals surface area contributed by atoms with Crippen molar-refractivity contribution >= 4 is 23.4 Å². The quantitative estimate of drug-likeness (QED) is 0.319. The van der Waals surface area contributed by atoms with Crippen molar-refractivity contribution in [2.45, 2.75) is 44.0 Å². The molecule has 3 N–H and O–H groups in total. The number of amides is 2. The minimum atomic E-state index is -0.785. The number of aliphatic hydroxyl groups is 1. The Morgan fingerprint density at radius 1 is 1.04 bits per heavy atom. The van der Waals surface area contributed by atoms with Gasteiger partial charge in [0, 0.05) is 63.1 Å². The first-order chi connectivity index (χ1) is 22.2. The van der Waals surface area contributed by atoms with E-state index >= 15 is 0 Å². The third-order valence-electron chi connectivity index (χ3n) is 9.15. The van der Waals surface area contributed by atoms with Crippen LogP contribution in [0.15, 0.2) is 60.7 Å². The number of ether oxygens (including phenoxy) is 4. The second kappa shape index (κ2) is 13.8. The maximum Gasteiger partial charge on any atom is 0.257 e. The van der Waals surface area contributed by atoms with Gasteiger partial charge in [0.15, 0.2) is 0 Å². The molecule has 2 saturated heterocycles. The van der Waals surface area contributed by atoms with Crippen LogP contribution in [0.2, 0.25) is 5.02 Å². The first-order valence-corrected chi connectivity index (χ1v) is 16.1. The van der Waals surface area contributed by atoms with E-state index in [9.17, 15) is 14.7 Å². The predicted octanol–water partition coefficient (Wildman–Crippen LogP) is 4.08. The number of carbonyl (C=O) groups excluding carboxylic acids is 2. The van der Waals surface area contributed by atoms with Crippen LogP contribution < -0.4 is 24.7 Å². The lowest BCUT2D eigenvalue weighted by Crippen LogP contribution is -2.49. The summed E-state index contributed by atoms with van der Waals surface area (Å²) >= 11 is 6.19. The van der Waals surface area contributed by atoms with Crippen molar-refractivity contribution < 1.29 is 33.6 Å². The molecule has 3 aromatic rings. The normalized spacial score (nSPS) is 19.4. The van der Waals surface area contributed by atoms with Crippen LogP contribution in [0.1, 0.15) is 40.7 Å². The van der Waals surface area contributed by atoms with Crippen molar-refractivity contribution in [2.24, 2.45) is 11.7 Å². The lowest BCUT2D eigenvalue weighted by Gasteiger charge is -2.39. The Morgan fingerprint density at radius 3 is 2.52 bits per heavy atom. The van der Waals surface area contributed by atoms with Gasteiger partial charge < -0.3 is 39.6 Å². The van der Waals surface area contributed by atoms with Gasteiger partial charge in [0.05, 0.1) is 18.6 Å². The molecule has 0 saturated carbocycles. The van der Waals surface area contributed by atoms with Gasteiger partial charge in [-0.1, -0.05) is 23.7 Å². The molecule has 3 aliphatic rings. The Bertz CT molecular complexity index is 1560. The number of rotatable bonds is 11. The Kier molecular flexibility index (Phi) is 9.58. The maximum atomic E-state index is 13.5. The molecule has 10 nitrogen and oxygen atoms in total. The molecule has 0 bridgehead atoms. The van der Waals surface area contributed by atoms with Gasteiger partial charge >= 0.3 is 0 Å². The third-order valence-corrected chi connectivity index (χ3v) is 9.39. The Balaban J connectivity index is 1.08. The van der Waals surface area contributed by atoms with Crippen LogP contribution in [0.4, 0.5) is 0 Å². The fourth-order valence-electron chi connectivity index (χ4n) is 6.49. The van der Waals surface area contributed by atoms with Crippen molar-refractivity contribution in [1.82, 2.24) is 9.80 Å². The van der Waals surface area contributed by atoms with Gasteiger partial charge in [-0.3, -0.25) is 9.59 Å². The van der Waals surface area contributed by atoms with E-state index in [1.807, 2.05) is 42.5 Å². The number of primary amides is 1. The molecule has 0 aromatic heterocycles. The van der Waals surface area contributed by atoms with Gasteiger partial charge in [0.2, 0.25) is 5.91 Å². The number of carbonyl (C=O) groups is 2. The minimum absolute atomic E-state index is 0.00575. The third kappa shape index (κ3) is 7.35. The number of nitrogens with two attached hydrogens (primary N) is 1. The van der Waals surface area contributed by atoms with E-state index in [2.05, 4.69) is 4.90 Å². The Morgan fingerprint density at radius 2 is 1.80 bits per heavy atom. The molecule has 2 atom stereocenters. The number of piperidine rings is 1. The summed E-state index contributed by atoms with van der Waals surface area (Å²) < 4.78 is 23.7. The van der Waals surface area contributed by atoms with Gasteiger partial charge in [0.25, 0.3) is 5.91 Å². The Labute approximate surface area is 273 Å². The predicted molar refractivity (Wildman–Crippen MR) is 173 cm³/mol. The van der Waals surface area contributed by atoms with Gasteiger partial charge in [0.1, 0.15) is 47.9 Å². The summed E-state index contributed by atoms with van der Waals surface area (Å²) in [5.74, 6) is 1.47. The van der Waals surface area contributed by atoms with Gasteiger partial charge in [-0.2, -0.15) is 0 Å². The highest BCUT2D eigenvalue weighted by Crippen LogP contribution is 2.42. The number of hydrogen-bond donors (Lipinski definition) is 2. The zero-order valence-electron chi connectivity index (χ0n) is 26.0. The highest BCUT2D eigenvalue weighted by Gasteiger charge is 2.42. The summed E-state index contributed by atoms with van der Waals surface area (Å²) in [6, 6.07) is 18.4. The van der Waals surface area contributed by atoms with Crippen LogP contribution >= 0.6 is 11.6 Å². The van der Waals surface area contributed by atoms with Gasteiger partial charge in [-0.25, -0.2) is 0 Å². The van der Waals surface area contributed by atoms with Gasteiger partial charge in [-0.05, 0) is 60.0 Å². The number of benzene rings is 3. The van der Waals surface area contributed by atoms with Crippen LogP contribution in [-0.4, -0.2) is 84.9 Å². The largest absolute Gasteiger partial charge is 0.497 e. The number of aliphatic hydroxyl groups excluding tert-OH is 1. The highest BCUT2D eigenvalue weighted by atomic mass is 35.5. The van der Waals surface area contributed by atoms with Crippen molar-refractivity contribution in [1.29, 1.82) is 0 Å². The molecule has 2 fully saturated rings. The number of methoxy groups -OCH3 is 1. The molecule has 3 aliphatic heterocycles. The number of hydrogen-bond acceptors (Lipinski definition) is 8.